The summed E-state index contributed by atoms with van der Waals surface area (Å²) < 4.78 is 10.3. The Bertz CT molecular complexity index is 549. The number of thiophene rings is 1. The minimum atomic E-state index is -0.397. The molecule has 0 saturated heterocycles. The van der Waals surface area contributed by atoms with E-state index in [1.165, 1.54) is 18.4 Å². The highest BCUT2D eigenvalue weighted by molar-refractivity contribution is 7.12. The number of carbonyl (C=O) groups excluding carboxylic acids is 2. The van der Waals surface area contributed by atoms with Gasteiger partial charge in [-0.1, -0.05) is 6.92 Å². The van der Waals surface area contributed by atoms with Crippen molar-refractivity contribution in [3.63, 3.8) is 0 Å². The van der Waals surface area contributed by atoms with Crippen LogP contribution >= 0.6 is 11.3 Å². The lowest BCUT2D eigenvalue weighted by molar-refractivity contribution is -0.123. The van der Waals surface area contributed by atoms with Crippen molar-refractivity contribution in [1.82, 2.24) is 0 Å². The molecule has 0 unspecified atom stereocenters. The van der Waals surface area contributed by atoms with E-state index in [-0.39, 0.29) is 11.8 Å². The van der Waals surface area contributed by atoms with Crippen LogP contribution in [0.5, 0.6) is 0 Å². The van der Waals surface area contributed by atoms with Gasteiger partial charge in [0.05, 0.1) is 19.4 Å². The molecule has 1 aromatic heterocycles. The molecule has 1 saturated carbocycles. The standard InChI is InChI=1S/C18H27NO4S/c1-4-23-11-10-19(15-9-12-24-16(15)18(21)22-3)17(20)14-7-5-13(2)6-8-14/h9,12-14H,4-8,10-11H2,1-3H3. The first kappa shape index (κ1) is 18.9. The zero-order chi connectivity index (χ0) is 17.5. The van der Waals surface area contributed by atoms with Gasteiger partial charge in [-0.3, -0.25) is 4.79 Å². The molecule has 1 amide bonds. The van der Waals surface area contributed by atoms with Crippen LogP contribution in [0.15, 0.2) is 11.4 Å². The maximum Gasteiger partial charge on any atom is 0.350 e. The number of amides is 1. The molecule has 5 nitrogen and oxygen atoms in total. The van der Waals surface area contributed by atoms with Crippen LogP contribution < -0.4 is 4.90 Å². The number of anilines is 1. The minimum Gasteiger partial charge on any atom is -0.465 e. The molecule has 0 atom stereocenters. The van der Waals surface area contributed by atoms with Gasteiger partial charge in [-0.15, -0.1) is 11.3 Å². The summed E-state index contributed by atoms with van der Waals surface area (Å²) in [5, 5.41) is 1.82. The fourth-order valence-electron chi connectivity index (χ4n) is 3.14. The smallest absolute Gasteiger partial charge is 0.350 e. The molecule has 1 heterocycles. The Hall–Kier alpha value is -1.40. The zero-order valence-electron chi connectivity index (χ0n) is 14.7. The van der Waals surface area contributed by atoms with Gasteiger partial charge in [-0.25, -0.2) is 4.79 Å². The van der Waals surface area contributed by atoms with Crippen molar-refractivity contribution in [2.75, 3.05) is 31.8 Å². The van der Waals surface area contributed by atoms with E-state index in [9.17, 15) is 9.59 Å². The quantitative estimate of drug-likeness (QED) is 0.554. The molecule has 2 rings (SSSR count). The second-order valence-corrected chi connectivity index (χ2v) is 7.19. The lowest BCUT2D eigenvalue weighted by Gasteiger charge is -2.31. The monoisotopic (exact) mass is 353 g/mol. The van der Waals surface area contributed by atoms with E-state index in [2.05, 4.69) is 6.92 Å². The summed E-state index contributed by atoms with van der Waals surface area (Å²) in [6.45, 7) is 5.69. The highest BCUT2D eigenvalue weighted by Crippen LogP contribution is 2.33. The maximum absolute atomic E-state index is 13.1. The summed E-state index contributed by atoms with van der Waals surface area (Å²) in [6, 6.07) is 1.83. The molecule has 0 N–H and O–H groups in total. The fraction of sp³-hybridized carbons (Fsp3) is 0.667. The van der Waals surface area contributed by atoms with Gasteiger partial charge in [0, 0.05) is 19.1 Å². The summed E-state index contributed by atoms with van der Waals surface area (Å²) in [4.78, 5) is 27.3. The highest BCUT2D eigenvalue weighted by Gasteiger charge is 2.31. The average molecular weight is 353 g/mol. The van der Waals surface area contributed by atoms with Gasteiger partial charge in [0.25, 0.3) is 0 Å². The number of methoxy groups -OCH3 is 1. The summed E-state index contributed by atoms with van der Waals surface area (Å²) in [7, 11) is 1.36. The Kier molecular flexibility index (Phi) is 7.24. The largest absolute Gasteiger partial charge is 0.465 e. The van der Waals surface area contributed by atoms with E-state index in [0.717, 1.165) is 25.7 Å². The predicted octanol–water partition coefficient (Wildman–Crippen LogP) is 3.73. The number of hydrogen-bond donors (Lipinski definition) is 0. The van der Waals surface area contributed by atoms with Crippen molar-refractivity contribution in [1.29, 1.82) is 0 Å². The van der Waals surface area contributed by atoms with Gasteiger partial charge in [0.2, 0.25) is 5.91 Å². The third-order valence-corrected chi connectivity index (χ3v) is 5.48. The molecule has 24 heavy (non-hydrogen) atoms. The highest BCUT2D eigenvalue weighted by atomic mass is 32.1. The molecular weight excluding hydrogens is 326 g/mol. The van der Waals surface area contributed by atoms with E-state index in [1.54, 1.807) is 4.90 Å². The molecule has 1 aliphatic carbocycles. The van der Waals surface area contributed by atoms with E-state index in [0.29, 0.717) is 36.2 Å². The van der Waals surface area contributed by atoms with Crippen LogP contribution in [-0.4, -0.2) is 38.7 Å². The number of carbonyl (C=O) groups is 2. The van der Waals surface area contributed by atoms with Crippen LogP contribution in [0.25, 0.3) is 0 Å². The average Bonchev–Trinajstić information content (AvgIpc) is 3.07. The van der Waals surface area contributed by atoms with Crippen molar-refractivity contribution in [3.8, 4) is 0 Å². The van der Waals surface area contributed by atoms with Crippen LogP contribution in [0.4, 0.5) is 5.69 Å². The molecule has 1 aromatic rings. The molecule has 0 aliphatic heterocycles. The van der Waals surface area contributed by atoms with Crippen molar-refractivity contribution >= 4 is 28.9 Å². The molecule has 1 fully saturated rings. The molecule has 0 radical (unpaired) electrons. The number of esters is 1. The third-order valence-electron chi connectivity index (χ3n) is 4.60. The summed E-state index contributed by atoms with van der Waals surface area (Å²) in [6.07, 6.45) is 4.01. The molecule has 1 aliphatic rings. The summed E-state index contributed by atoms with van der Waals surface area (Å²) in [5.74, 6) is 0.433. The van der Waals surface area contributed by atoms with E-state index >= 15 is 0 Å². The lowest BCUT2D eigenvalue weighted by Crippen LogP contribution is -2.40. The first-order chi connectivity index (χ1) is 11.6. The van der Waals surface area contributed by atoms with Gasteiger partial charge in [-0.2, -0.15) is 0 Å². The number of ether oxygens (including phenoxy) is 2. The summed E-state index contributed by atoms with van der Waals surface area (Å²) in [5.41, 5.74) is 0.648. The van der Waals surface area contributed by atoms with Crippen LogP contribution in [0.1, 0.15) is 49.2 Å². The molecular formula is C18H27NO4S. The van der Waals surface area contributed by atoms with E-state index in [4.69, 9.17) is 9.47 Å². The SMILES string of the molecule is CCOCCN(C(=O)C1CCC(C)CC1)c1ccsc1C(=O)OC. The van der Waals surface area contributed by atoms with Crippen molar-refractivity contribution < 1.29 is 19.1 Å². The van der Waals surface area contributed by atoms with Gasteiger partial charge >= 0.3 is 5.97 Å². The molecule has 0 spiro atoms. The Morgan fingerprint density at radius 1 is 1.29 bits per heavy atom. The Morgan fingerprint density at radius 3 is 2.62 bits per heavy atom. The minimum absolute atomic E-state index is 0.0354. The molecule has 134 valence electrons. The van der Waals surface area contributed by atoms with Crippen molar-refractivity contribution in [2.24, 2.45) is 11.8 Å². The first-order valence-electron chi connectivity index (χ1n) is 8.63. The number of nitrogens with zero attached hydrogens (tertiary/aromatic N) is 1. The Balaban J connectivity index is 2.19. The second kappa shape index (κ2) is 9.18. The maximum atomic E-state index is 13.1. The summed E-state index contributed by atoms with van der Waals surface area (Å²) >= 11 is 1.30. The third kappa shape index (κ3) is 4.57. The topological polar surface area (TPSA) is 55.8 Å². The van der Waals surface area contributed by atoms with Gasteiger partial charge in [-0.05, 0) is 50.0 Å². The second-order valence-electron chi connectivity index (χ2n) is 6.27. The van der Waals surface area contributed by atoms with Crippen LogP contribution in [-0.2, 0) is 14.3 Å². The van der Waals surface area contributed by atoms with E-state index < -0.39 is 5.97 Å². The molecule has 6 heteroatoms. The van der Waals surface area contributed by atoms with Crippen molar-refractivity contribution in [2.45, 2.75) is 39.5 Å². The Morgan fingerprint density at radius 2 is 2.00 bits per heavy atom. The van der Waals surface area contributed by atoms with Gasteiger partial charge < -0.3 is 14.4 Å². The van der Waals surface area contributed by atoms with Crippen molar-refractivity contribution in [3.05, 3.63) is 16.3 Å². The van der Waals surface area contributed by atoms with E-state index in [1.807, 2.05) is 18.4 Å². The zero-order valence-corrected chi connectivity index (χ0v) is 15.6. The van der Waals surface area contributed by atoms with Gasteiger partial charge in [0.15, 0.2) is 0 Å². The van der Waals surface area contributed by atoms with Gasteiger partial charge in [0.1, 0.15) is 4.88 Å². The van der Waals surface area contributed by atoms with Crippen LogP contribution in [0.2, 0.25) is 0 Å². The predicted molar refractivity (Wildman–Crippen MR) is 95.6 cm³/mol. The lowest BCUT2D eigenvalue weighted by atomic mass is 9.82. The Labute approximate surface area is 147 Å². The first-order valence-corrected chi connectivity index (χ1v) is 9.51. The van der Waals surface area contributed by atoms with Crippen LogP contribution in [0, 0.1) is 11.8 Å². The molecule has 0 aromatic carbocycles. The van der Waals surface area contributed by atoms with Crippen LogP contribution in [0.3, 0.4) is 0 Å². The number of rotatable bonds is 7. The fourth-order valence-corrected chi connectivity index (χ4v) is 3.95. The number of hydrogen-bond acceptors (Lipinski definition) is 5. The normalized spacial score (nSPS) is 20.6. The molecule has 0 bridgehead atoms.